The van der Waals surface area contributed by atoms with E-state index in [1.165, 1.54) is 5.19 Å². The third-order valence-electron chi connectivity index (χ3n) is 8.15. The van der Waals surface area contributed by atoms with Gasteiger partial charge in [-0.1, -0.05) is 42.2 Å². The summed E-state index contributed by atoms with van der Waals surface area (Å²) in [6, 6.07) is 18.4. The van der Waals surface area contributed by atoms with Gasteiger partial charge in [-0.05, 0) is 62.2 Å². The van der Waals surface area contributed by atoms with Gasteiger partial charge in [0.15, 0.2) is 9.04 Å². The summed E-state index contributed by atoms with van der Waals surface area (Å²) in [4.78, 5) is 0. The smallest absolute Gasteiger partial charge is 0.425 e. The van der Waals surface area contributed by atoms with Crippen LogP contribution in [0, 0.1) is 11.8 Å². The fraction of sp³-hybridized carbons (Fsp3) is 0.500. The quantitative estimate of drug-likeness (QED) is 0.329. The molecule has 25 heteroatoms. The molecule has 0 spiro atoms. The molecular formula is C28H56O14Si11. The van der Waals surface area contributed by atoms with Gasteiger partial charge in [-0.3, -0.25) is 0 Å². The van der Waals surface area contributed by atoms with Crippen molar-refractivity contribution in [2.45, 2.75) is 78.6 Å². The van der Waals surface area contributed by atoms with Crippen LogP contribution in [-0.2, 0) is 58.2 Å². The van der Waals surface area contributed by atoms with E-state index in [9.17, 15) is 0 Å². The first-order valence-electron chi connectivity index (χ1n) is 17.4. The molecule has 0 radical (unpaired) electrons. The minimum Gasteiger partial charge on any atom is -0.425 e. The van der Waals surface area contributed by atoms with Crippen LogP contribution in [0.1, 0.15) is 11.1 Å². The summed E-state index contributed by atoms with van der Waals surface area (Å²) < 4.78 is 86.7. The minimum atomic E-state index is -3.43. The van der Waals surface area contributed by atoms with Gasteiger partial charge in [0.2, 0.25) is 8.32 Å². The Kier molecular flexibility index (Phi) is 14.9. The maximum Gasteiger partial charge on any atom is 0.475 e. The Hall–Kier alpha value is -0.174. The van der Waals surface area contributed by atoms with Crippen molar-refractivity contribution in [3.63, 3.8) is 0 Å². The number of hydrogen-bond acceptors (Lipinski definition) is 14. The van der Waals surface area contributed by atoms with Crippen LogP contribution in [0.5, 0.6) is 0 Å². The molecule has 296 valence electrons. The van der Waals surface area contributed by atoms with E-state index >= 15 is 0 Å². The SMILES string of the molecule is CO[SiH](C)C.CO[Si](C)(C)c1ccc(C#Cc2ccccc2)cc1.C[SiH]1O[Si]2(C)O[Si]3(C)O[Si](C)(O[SiH3])O[Si]4(C)O[Si](C)(O1)O[Si](C)(O2)O[Si](C)(O3)O4. The topological polar surface area (TPSA) is 129 Å². The monoisotopic (exact) mass is 924 g/mol. The molecule has 4 heterocycles. The Morgan fingerprint density at radius 3 is 1.32 bits per heavy atom. The van der Waals surface area contributed by atoms with Gasteiger partial charge in [0, 0.05) is 71.2 Å². The Morgan fingerprint density at radius 1 is 0.604 bits per heavy atom. The second-order valence-corrected chi connectivity index (χ2v) is 44.8. The largest absolute Gasteiger partial charge is 0.475 e. The van der Waals surface area contributed by atoms with E-state index in [0.717, 1.165) is 11.1 Å². The van der Waals surface area contributed by atoms with Crippen molar-refractivity contribution in [1.29, 1.82) is 0 Å². The molecule has 0 aromatic heterocycles. The Balaban J connectivity index is 0.000000225. The molecule has 53 heavy (non-hydrogen) atoms. The van der Waals surface area contributed by atoms with Crippen LogP contribution in [0.2, 0.25) is 78.6 Å². The maximum atomic E-state index is 6.45. The molecule has 4 aliphatic rings. The predicted molar refractivity (Wildman–Crippen MR) is 226 cm³/mol. The number of fused-ring (bicyclic) bond motifs is 4. The number of benzene rings is 2. The zero-order chi connectivity index (χ0) is 39.6. The highest BCUT2D eigenvalue weighted by molar-refractivity contribution is 6.99. The standard InChI is InChI=1S/C17H18OSi.C8H28O12Si9.C3H10OSi/c1-18-19(2,3)17-13-11-16(12-14-17)10-9-15-7-5-4-6-8-15;1-22-10-24(3)14-26(5)12-23(2,9-21)13-27(6)15-25(4,11-22)17-28(7,16-24)20-29(8,18-26)19-27;1-4-5(2)3/h4-8,11-14H,1-3H3;22H,1-8,21H3;5H,1-3H3. The highest BCUT2D eigenvalue weighted by Gasteiger charge is 2.73. The van der Waals surface area contributed by atoms with E-state index in [1.807, 2.05) is 36.9 Å². The Morgan fingerprint density at radius 2 is 0.962 bits per heavy atom. The summed E-state index contributed by atoms with van der Waals surface area (Å²) in [7, 11) is -24.2. The number of rotatable bonds is 4. The fourth-order valence-electron chi connectivity index (χ4n) is 5.89. The maximum absolute atomic E-state index is 6.45. The van der Waals surface area contributed by atoms with Gasteiger partial charge in [0.25, 0.3) is 0 Å². The molecule has 2 aromatic rings. The molecule has 4 unspecified atom stereocenters. The summed E-state index contributed by atoms with van der Waals surface area (Å²) in [5.41, 5.74) is 2.08. The number of hydrogen-bond donors (Lipinski definition) is 0. The second-order valence-electron chi connectivity index (χ2n) is 14.2. The molecule has 0 saturated carbocycles. The normalized spacial score (nSPS) is 37.9. The van der Waals surface area contributed by atoms with E-state index in [4.69, 9.17) is 58.2 Å². The lowest BCUT2D eigenvalue weighted by Gasteiger charge is -2.56. The van der Waals surface area contributed by atoms with E-state index in [1.54, 1.807) is 60.0 Å². The van der Waals surface area contributed by atoms with Crippen LogP contribution < -0.4 is 5.19 Å². The first kappa shape index (κ1) is 45.5. The van der Waals surface area contributed by atoms with Gasteiger partial charge < -0.3 is 58.2 Å². The van der Waals surface area contributed by atoms with Gasteiger partial charge in [-0.25, -0.2) is 0 Å². The Labute approximate surface area is 330 Å². The van der Waals surface area contributed by atoms with Crippen LogP contribution in [-0.4, -0.2) is 113 Å². The Bertz CT molecular complexity index is 1560. The van der Waals surface area contributed by atoms with E-state index in [0.29, 0.717) is 10.5 Å². The molecule has 4 aliphatic heterocycles. The summed E-state index contributed by atoms with van der Waals surface area (Å²) in [5, 5.41) is 1.29. The van der Waals surface area contributed by atoms with Crippen molar-refractivity contribution in [3.8, 4) is 11.8 Å². The first-order chi connectivity index (χ1) is 24.4. The highest BCUT2D eigenvalue weighted by Crippen LogP contribution is 2.43. The molecule has 4 saturated heterocycles. The van der Waals surface area contributed by atoms with E-state index < -0.39 is 88.3 Å². The van der Waals surface area contributed by atoms with Crippen LogP contribution >= 0.6 is 0 Å². The molecule has 6 rings (SSSR count). The van der Waals surface area contributed by atoms with Gasteiger partial charge in [0.1, 0.15) is 10.5 Å². The predicted octanol–water partition coefficient (Wildman–Crippen LogP) is 3.11. The van der Waals surface area contributed by atoms with E-state index in [2.05, 4.69) is 62.3 Å². The molecule has 0 aliphatic carbocycles. The first-order valence-corrected chi connectivity index (χ1v) is 41.6. The van der Waals surface area contributed by atoms with Crippen LogP contribution in [0.15, 0.2) is 54.6 Å². The zero-order valence-corrected chi connectivity index (χ0v) is 45.9. The summed E-state index contributed by atoms with van der Waals surface area (Å²) in [6.45, 7) is 22.9. The molecule has 6 bridgehead atoms. The van der Waals surface area contributed by atoms with Crippen LogP contribution in [0.4, 0.5) is 0 Å². The third-order valence-corrected chi connectivity index (χ3v) is 47.6. The molecule has 4 atom stereocenters. The van der Waals surface area contributed by atoms with Crippen molar-refractivity contribution in [1.82, 2.24) is 0 Å². The van der Waals surface area contributed by atoms with Crippen molar-refractivity contribution in [2.75, 3.05) is 14.2 Å². The molecular weight excluding hydrogens is 869 g/mol. The molecule has 14 nitrogen and oxygen atoms in total. The second kappa shape index (κ2) is 17.4. The van der Waals surface area contributed by atoms with Crippen LogP contribution in [0.3, 0.4) is 0 Å². The molecule has 2 aromatic carbocycles. The van der Waals surface area contributed by atoms with Gasteiger partial charge in [-0.15, -0.1) is 0 Å². The summed E-state index contributed by atoms with van der Waals surface area (Å²) in [6.07, 6.45) is 0. The third kappa shape index (κ3) is 12.7. The minimum absolute atomic E-state index is 0.389. The summed E-state index contributed by atoms with van der Waals surface area (Å²) in [5.74, 6) is 6.35. The van der Waals surface area contributed by atoms with Crippen molar-refractivity contribution >= 4 is 104 Å². The average Bonchev–Trinajstić information content (AvgIpc) is 3.01. The average molecular weight is 926 g/mol. The molecule has 0 N–H and O–H groups in total. The van der Waals surface area contributed by atoms with Crippen LogP contribution in [0.25, 0.3) is 0 Å². The highest BCUT2D eigenvalue weighted by atomic mass is 28.6. The zero-order valence-electron chi connectivity index (χ0n) is 33.6. The van der Waals surface area contributed by atoms with E-state index in [-0.39, 0.29) is 0 Å². The van der Waals surface area contributed by atoms with Gasteiger partial charge in [-0.2, -0.15) is 0 Å². The lowest BCUT2D eigenvalue weighted by molar-refractivity contribution is 0.0154. The molecule has 4 fully saturated rings. The van der Waals surface area contributed by atoms with Crippen molar-refractivity contribution in [3.05, 3.63) is 65.7 Å². The van der Waals surface area contributed by atoms with Gasteiger partial charge in [0.05, 0.1) is 0 Å². The summed E-state index contributed by atoms with van der Waals surface area (Å²) >= 11 is 0. The van der Waals surface area contributed by atoms with Gasteiger partial charge >= 0.3 is 70.9 Å². The fourth-order valence-corrected chi connectivity index (χ4v) is 49.6. The lowest BCUT2D eigenvalue weighted by Crippen LogP contribution is -2.81. The molecule has 0 amide bonds. The van der Waals surface area contributed by atoms with Crippen molar-refractivity contribution in [2.24, 2.45) is 0 Å². The lowest BCUT2D eigenvalue weighted by atomic mass is 10.2. The van der Waals surface area contributed by atoms with Crippen molar-refractivity contribution < 1.29 is 58.2 Å².